The fourth-order valence-electron chi connectivity index (χ4n) is 4.81. The molecule has 9 nitrogen and oxygen atoms in total. The van der Waals surface area contributed by atoms with Gasteiger partial charge >= 0.3 is 0 Å². The van der Waals surface area contributed by atoms with E-state index in [-0.39, 0.29) is 5.75 Å². The zero-order valence-corrected chi connectivity index (χ0v) is 23.7. The largest absolute Gasteiger partial charge is 0.493 e. The minimum atomic E-state index is -3.54. The molecule has 0 amide bonds. The van der Waals surface area contributed by atoms with Gasteiger partial charge in [-0.1, -0.05) is 42.5 Å². The van der Waals surface area contributed by atoms with Gasteiger partial charge in [-0.15, -0.1) is 0 Å². The summed E-state index contributed by atoms with van der Waals surface area (Å²) in [5, 5.41) is 0.821. The summed E-state index contributed by atoms with van der Waals surface area (Å²) in [6.07, 6.45) is 2.46. The molecule has 0 unspecified atom stereocenters. The number of rotatable bonds is 11. The Kier molecular flexibility index (Phi) is 8.78. The Balaban J connectivity index is 1.27. The number of nitrogens with one attached hydrogen (secondary N) is 1. The van der Waals surface area contributed by atoms with Crippen molar-refractivity contribution in [2.45, 2.75) is 12.2 Å². The molecule has 0 atom stereocenters. The molecule has 1 aliphatic heterocycles. The van der Waals surface area contributed by atoms with Crippen molar-refractivity contribution in [2.24, 2.45) is 0 Å². The standard InChI is InChI=1S/C30H35N5O4S/c1-34-14-16-35(17-15-34)13-6-18-39-29-20-27-26(19-28(29)38-2)30(32-22-31-27)24-9-11-25(12-10-24)33-40(36,37)21-23-7-4-3-5-8-23/h3-5,7-12,19-20,22,33H,6,13-18,21H2,1-2H3. The lowest BCUT2D eigenvalue weighted by Crippen LogP contribution is -2.44. The van der Waals surface area contributed by atoms with Gasteiger partial charge in [-0.2, -0.15) is 0 Å². The number of anilines is 1. The molecule has 1 aliphatic rings. The Labute approximate surface area is 235 Å². The second kappa shape index (κ2) is 12.6. The molecule has 2 heterocycles. The van der Waals surface area contributed by atoms with Crippen molar-refractivity contribution in [3.8, 4) is 22.8 Å². The maximum atomic E-state index is 12.6. The van der Waals surface area contributed by atoms with E-state index in [1.807, 2.05) is 42.5 Å². The molecule has 0 saturated carbocycles. The molecule has 1 N–H and O–H groups in total. The first kappa shape index (κ1) is 27.8. The highest BCUT2D eigenvalue weighted by Crippen LogP contribution is 2.35. The third-order valence-electron chi connectivity index (χ3n) is 7.02. The van der Waals surface area contributed by atoms with Gasteiger partial charge in [0.1, 0.15) is 6.33 Å². The molecular weight excluding hydrogens is 526 g/mol. The van der Waals surface area contributed by atoms with Crippen LogP contribution >= 0.6 is 0 Å². The topological polar surface area (TPSA) is 96.9 Å². The number of sulfonamides is 1. The van der Waals surface area contributed by atoms with Gasteiger partial charge in [-0.3, -0.25) is 4.72 Å². The van der Waals surface area contributed by atoms with Gasteiger partial charge in [0.15, 0.2) is 11.5 Å². The van der Waals surface area contributed by atoms with E-state index in [0.29, 0.717) is 23.8 Å². The Morgan fingerprint density at radius 3 is 2.40 bits per heavy atom. The number of ether oxygens (including phenoxy) is 2. The number of hydrogen-bond acceptors (Lipinski definition) is 8. The number of aromatic nitrogens is 2. The summed E-state index contributed by atoms with van der Waals surface area (Å²) in [4.78, 5) is 13.8. The summed E-state index contributed by atoms with van der Waals surface area (Å²) >= 11 is 0. The summed E-state index contributed by atoms with van der Waals surface area (Å²) in [5.41, 5.74) is 3.52. The summed E-state index contributed by atoms with van der Waals surface area (Å²) in [6.45, 7) is 6.00. The van der Waals surface area contributed by atoms with E-state index in [9.17, 15) is 8.42 Å². The van der Waals surface area contributed by atoms with E-state index < -0.39 is 10.0 Å². The molecule has 4 aromatic rings. The second-order valence-corrected chi connectivity index (χ2v) is 11.7. The van der Waals surface area contributed by atoms with Crippen LogP contribution in [0.4, 0.5) is 5.69 Å². The Bertz CT molecular complexity index is 1520. The quantitative estimate of drug-likeness (QED) is 0.271. The highest BCUT2D eigenvalue weighted by Gasteiger charge is 2.16. The fraction of sp³-hybridized carbons (Fsp3) is 0.333. The van der Waals surface area contributed by atoms with Crippen LogP contribution in [-0.4, -0.2) is 81.7 Å². The van der Waals surface area contributed by atoms with Crippen LogP contribution in [0.25, 0.3) is 22.2 Å². The fourth-order valence-corrected chi connectivity index (χ4v) is 6.01. The van der Waals surface area contributed by atoms with E-state index >= 15 is 0 Å². The van der Waals surface area contributed by atoms with Crippen molar-refractivity contribution in [1.29, 1.82) is 0 Å². The number of nitrogens with zero attached hydrogens (tertiary/aromatic N) is 4. The van der Waals surface area contributed by atoms with Crippen LogP contribution in [0.5, 0.6) is 11.5 Å². The molecular formula is C30H35N5O4S. The first-order chi connectivity index (χ1) is 19.4. The summed E-state index contributed by atoms with van der Waals surface area (Å²) in [5.74, 6) is 1.18. The number of fused-ring (bicyclic) bond motifs is 1. The minimum absolute atomic E-state index is 0.0911. The number of benzene rings is 3. The molecule has 0 radical (unpaired) electrons. The van der Waals surface area contributed by atoms with Crippen LogP contribution < -0.4 is 14.2 Å². The molecule has 1 saturated heterocycles. The van der Waals surface area contributed by atoms with E-state index in [4.69, 9.17) is 9.47 Å². The van der Waals surface area contributed by atoms with Gasteiger partial charge < -0.3 is 19.3 Å². The molecule has 0 spiro atoms. The molecule has 210 valence electrons. The predicted molar refractivity (Wildman–Crippen MR) is 158 cm³/mol. The van der Waals surface area contributed by atoms with Crippen molar-refractivity contribution in [2.75, 3.05) is 58.2 Å². The Morgan fingerprint density at radius 1 is 0.925 bits per heavy atom. The Morgan fingerprint density at radius 2 is 1.68 bits per heavy atom. The average Bonchev–Trinajstić information content (AvgIpc) is 2.96. The van der Waals surface area contributed by atoms with Crippen molar-refractivity contribution in [1.82, 2.24) is 19.8 Å². The van der Waals surface area contributed by atoms with Gasteiger partial charge in [-0.05, 0) is 37.2 Å². The number of hydrogen-bond donors (Lipinski definition) is 1. The van der Waals surface area contributed by atoms with Gasteiger partial charge in [0.2, 0.25) is 10.0 Å². The van der Waals surface area contributed by atoms with Crippen molar-refractivity contribution < 1.29 is 17.9 Å². The van der Waals surface area contributed by atoms with E-state index in [2.05, 4.69) is 31.5 Å². The third kappa shape index (κ3) is 7.07. The number of likely N-dealkylation sites (N-methyl/N-ethyl adjacent to an activating group) is 1. The maximum absolute atomic E-state index is 12.6. The van der Waals surface area contributed by atoms with Crippen LogP contribution in [0.1, 0.15) is 12.0 Å². The van der Waals surface area contributed by atoms with E-state index in [1.54, 1.807) is 31.4 Å². The van der Waals surface area contributed by atoms with Crippen LogP contribution in [0.3, 0.4) is 0 Å². The molecule has 3 aromatic carbocycles. The lowest BCUT2D eigenvalue weighted by molar-refractivity contribution is 0.145. The molecule has 10 heteroatoms. The molecule has 1 fully saturated rings. The molecule has 0 aliphatic carbocycles. The monoisotopic (exact) mass is 561 g/mol. The summed E-state index contributed by atoms with van der Waals surface area (Å²) < 4.78 is 39.7. The summed E-state index contributed by atoms with van der Waals surface area (Å²) in [6, 6.07) is 20.0. The predicted octanol–water partition coefficient (Wildman–Crippen LogP) is 4.26. The lowest BCUT2D eigenvalue weighted by Gasteiger charge is -2.32. The van der Waals surface area contributed by atoms with Crippen LogP contribution in [0, 0.1) is 0 Å². The van der Waals surface area contributed by atoms with Gasteiger partial charge in [0.05, 0.1) is 30.7 Å². The zero-order chi connectivity index (χ0) is 28.0. The van der Waals surface area contributed by atoms with Crippen LogP contribution in [-0.2, 0) is 15.8 Å². The van der Waals surface area contributed by atoms with Crippen LogP contribution in [0.2, 0.25) is 0 Å². The number of methoxy groups -OCH3 is 1. The average molecular weight is 562 g/mol. The Hall–Kier alpha value is -3.73. The van der Waals surface area contributed by atoms with Gasteiger partial charge in [-0.25, -0.2) is 18.4 Å². The van der Waals surface area contributed by atoms with Gasteiger partial charge in [0, 0.05) is 55.4 Å². The molecule has 40 heavy (non-hydrogen) atoms. The highest BCUT2D eigenvalue weighted by atomic mass is 32.2. The first-order valence-electron chi connectivity index (χ1n) is 13.4. The normalized spacial score (nSPS) is 14.8. The molecule has 0 bridgehead atoms. The number of piperazine rings is 1. The van der Waals surface area contributed by atoms with Crippen LogP contribution in [0.15, 0.2) is 73.1 Å². The molecule has 1 aromatic heterocycles. The summed E-state index contributed by atoms with van der Waals surface area (Å²) in [7, 11) is 0.242. The molecule has 5 rings (SSSR count). The highest BCUT2D eigenvalue weighted by molar-refractivity contribution is 7.91. The smallest absolute Gasteiger partial charge is 0.236 e. The van der Waals surface area contributed by atoms with E-state index in [0.717, 1.165) is 66.9 Å². The van der Waals surface area contributed by atoms with Gasteiger partial charge in [0.25, 0.3) is 0 Å². The lowest BCUT2D eigenvalue weighted by atomic mass is 10.1. The maximum Gasteiger partial charge on any atom is 0.236 e. The SMILES string of the molecule is COc1cc2c(-c3ccc(NS(=O)(=O)Cc4ccccc4)cc3)ncnc2cc1OCCCN1CCN(C)CC1. The minimum Gasteiger partial charge on any atom is -0.493 e. The second-order valence-electron chi connectivity index (χ2n) is 10.0. The van der Waals surface area contributed by atoms with Crippen molar-refractivity contribution in [3.05, 3.63) is 78.6 Å². The van der Waals surface area contributed by atoms with Crippen molar-refractivity contribution in [3.63, 3.8) is 0 Å². The van der Waals surface area contributed by atoms with E-state index in [1.165, 1.54) is 6.33 Å². The zero-order valence-electron chi connectivity index (χ0n) is 22.9. The van der Waals surface area contributed by atoms with Crippen molar-refractivity contribution >= 4 is 26.6 Å². The first-order valence-corrected chi connectivity index (χ1v) is 15.1. The third-order valence-corrected chi connectivity index (χ3v) is 8.28.